The van der Waals surface area contributed by atoms with Crippen molar-refractivity contribution in [1.29, 1.82) is 0 Å². The molecule has 108 valence electrons. The summed E-state index contributed by atoms with van der Waals surface area (Å²) in [5, 5.41) is 13.2. The first kappa shape index (κ1) is 13.0. The molecule has 2 atom stereocenters. The Bertz CT molecular complexity index is 794. The maximum atomic E-state index is 12.4. The van der Waals surface area contributed by atoms with Crippen LogP contribution in [0.25, 0.3) is 5.70 Å². The molecule has 2 heterocycles. The van der Waals surface area contributed by atoms with Gasteiger partial charge in [0.2, 0.25) is 5.91 Å². The van der Waals surface area contributed by atoms with Crippen LogP contribution in [0, 0.1) is 5.92 Å². The molecule has 0 bridgehead atoms. The Morgan fingerprint density at radius 3 is 2.14 bits per heavy atom. The fourth-order valence-electron chi connectivity index (χ4n) is 3.07. The molecule has 0 spiro atoms. The second-order valence-electron chi connectivity index (χ2n) is 5.37. The Morgan fingerprint density at radius 1 is 0.909 bits per heavy atom. The zero-order valence-electron chi connectivity index (χ0n) is 11.7. The van der Waals surface area contributed by atoms with Gasteiger partial charge in [0.15, 0.2) is 6.23 Å². The normalized spacial score (nSPS) is 23.3. The molecule has 1 amide bonds. The van der Waals surface area contributed by atoms with E-state index in [9.17, 15) is 9.90 Å². The van der Waals surface area contributed by atoms with Crippen molar-refractivity contribution in [2.75, 3.05) is 0 Å². The van der Waals surface area contributed by atoms with Crippen molar-refractivity contribution < 1.29 is 9.90 Å². The third-order valence-electron chi connectivity index (χ3n) is 4.06. The molecule has 2 unspecified atom stereocenters. The molecule has 4 nitrogen and oxygen atoms in total. The van der Waals surface area contributed by atoms with E-state index in [1.807, 2.05) is 60.7 Å². The van der Waals surface area contributed by atoms with E-state index in [-0.39, 0.29) is 5.91 Å². The number of nitrogens with zero attached hydrogens (tertiary/aromatic N) is 1. The molecule has 2 aliphatic rings. The highest BCUT2D eigenvalue weighted by atomic mass is 16.3. The largest absolute Gasteiger partial charge is 0.368 e. The fourth-order valence-corrected chi connectivity index (χ4v) is 3.07. The van der Waals surface area contributed by atoms with E-state index >= 15 is 0 Å². The average molecular weight is 290 g/mol. The number of fused-ring (bicyclic) bond motifs is 1. The summed E-state index contributed by atoms with van der Waals surface area (Å²) in [7, 11) is 0. The Hall–Kier alpha value is -2.72. The third-order valence-corrected chi connectivity index (χ3v) is 4.06. The molecule has 0 saturated carbocycles. The van der Waals surface area contributed by atoms with E-state index in [2.05, 4.69) is 10.3 Å². The van der Waals surface area contributed by atoms with Crippen LogP contribution in [-0.4, -0.2) is 23.0 Å². The number of aliphatic imine (C=N–C) groups is 1. The summed E-state index contributed by atoms with van der Waals surface area (Å²) in [6.07, 6.45) is -0.977. The predicted octanol–water partition coefficient (Wildman–Crippen LogP) is 1.96. The van der Waals surface area contributed by atoms with Crippen LogP contribution in [0.1, 0.15) is 11.1 Å². The summed E-state index contributed by atoms with van der Waals surface area (Å²) in [5.74, 6) is -0.638. The lowest BCUT2D eigenvalue weighted by atomic mass is 9.92. The highest BCUT2D eigenvalue weighted by Gasteiger charge is 2.45. The van der Waals surface area contributed by atoms with E-state index in [4.69, 9.17) is 0 Å². The zero-order chi connectivity index (χ0) is 15.1. The van der Waals surface area contributed by atoms with Crippen molar-refractivity contribution in [3.63, 3.8) is 0 Å². The minimum Gasteiger partial charge on any atom is -0.368 e. The number of rotatable bonds is 2. The van der Waals surface area contributed by atoms with Crippen molar-refractivity contribution in [3.8, 4) is 0 Å². The highest BCUT2D eigenvalue weighted by Crippen LogP contribution is 2.38. The molecule has 0 saturated heterocycles. The lowest BCUT2D eigenvalue weighted by Gasteiger charge is -2.07. The number of amides is 1. The quantitative estimate of drug-likeness (QED) is 0.888. The Labute approximate surface area is 127 Å². The van der Waals surface area contributed by atoms with Gasteiger partial charge in [-0.05, 0) is 11.1 Å². The van der Waals surface area contributed by atoms with Crippen LogP contribution in [0.4, 0.5) is 0 Å². The smallest absolute Gasteiger partial charge is 0.237 e. The molecule has 2 N–H and O–H groups in total. The summed E-state index contributed by atoms with van der Waals surface area (Å²) < 4.78 is 0. The topological polar surface area (TPSA) is 61.7 Å². The molecule has 22 heavy (non-hydrogen) atoms. The molecule has 2 aromatic rings. The number of aliphatic hydroxyl groups is 1. The van der Waals surface area contributed by atoms with Crippen LogP contribution in [0.2, 0.25) is 0 Å². The molecule has 0 aliphatic carbocycles. The first-order valence-corrected chi connectivity index (χ1v) is 7.17. The van der Waals surface area contributed by atoms with Gasteiger partial charge in [-0.25, -0.2) is 0 Å². The van der Waals surface area contributed by atoms with Crippen molar-refractivity contribution in [1.82, 2.24) is 5.32 Å². The van der Waals surface area contributed by atoms with E-state index < -0.39 is 12.1 Å². The van der Waals surface area contributed by atoms with Gasteiger partial charge in [0, 0.05) is 5.57 Å². The highest BCUT2D eigenvalue weighted by molar-refractivity contribution is 6.21. The molecular weight excluding hydrogens is 276 g/mol. The maximum absolute atomic E-state index is 12.4. The van der Waals surface area contributed by atoms with Crippen molar-refractivity contribution in [2.24, 2.45) is 10.9 Å². The standard InChI is InChI=1S/C18H14N2O2/c21-17-13-14(16(20-17)12-9-5-2-6-10-12)18(22)19-15(13)11-7-3-1-4-8-11/h1-10,13,18,22H,(H,20,21). The van der Waals surface area contributed by atoms with Crippen LogP contribution in [0.3, 0.4) is 0 Å². The van der Waals surface area contributed by atoms with E-state index in [0.29, 0.717) is 17.0 Å². The van der Waals surface area contributed by atoms with Crippen LogP contribution in [-0.2, 0) is 4.79 Å². The molecule has 4 heteroatoms. The van der Waals surface area contributed by atoms with Crippen molar-refractivity contribution in [3.05, 3.63) is 77.4 Å². The van der Waals surface area contributed by atoms with Crippen LogP contribution < -0.4 is 5.32 Å². The van der Waals surface area contributed by atoms with Gasteiger partial charge in [0.05, 0.1) is 11.4 Å². The second-order valence-corrected chi connectivity index (χ2v) is 5.37. The van der Waals surface area contributed by atoms with Crippen molar-refractivity contribution >= 4 is 17.3 Å². The number of hydrogen-bond donors (Lipinski definition) is 2. The minimum absolute atomic E-state index is 0.131. The zero-order valence-corrected chi connectivity index (χ0v) is 11.7. The summed E-state index contributed by atoms with van der Waals surface area (Å²) in [5.41, 5.74) is 3.71. The Kier molecular flexibility index (Phi) is 2.91. The van der Waals surface area contributed by atoms with E-state index in [0.717, 1.165) is 11.1 Å². The fraction of sp³-hybridized carbons (Fsp3) is 0.111. The van der Waals surface area contributed by atoms with Crippen LogP contribution in [0.15, 0.2) is 71.2 Å². The second kappa shape index (κ2) is 4.93. The Balaban J connectivity index is 1.83. The summed E-state index contributed by atoms with van der Waals surface area (Å²) in [4.78, 5) is 16.7. The van der Waals surface area contributed by atoms with Gasteiger partial charge in [-0.1, -0.05) is 60.7 Å². The number of carbonyl (C=O) groups is 1. The SMILES string of the molecule is O=C1NC(c2ccccc2)=C2C(O)N=C(c3ccccc3)C12. The lowest BCUT2D eigenvalue weighted by molar-refractivity contribution is -0.120. The number of carbonyl (C=O) groups excluding carboxylic acids is 1. The summed E-state index contributed by atoms with van der Waals surface area (Å²) in [6, 6.07) is 19.1. The molecule has 2 aromatic carbocycles. The van der Waals surface area contributed by atoms with Gasteiger partial charge in [-0.2, -0.15) is 0 Å². The van der Waals surface area contributed by atoms with Gasteiger partial charge in [-0.3, -0.25) is 9.79 Å². The van der Waals surface area contributed by atoms with Crippen molar-refractivity contribution in [2.45, 2.75) is 6.23 Å². The lowest BCUT2D eigenvalue weighted by Crippen LogP contribution is -2.26. The van der Waals surface area contributed by atoms with E-state index in [1.54, 1.807) is 0 Å². The number of benzene rings is 2. The molecule has 4 rings (SSSR count). The molecule has 0 fully saturated rings. The number of nitrogens with one attached hydrogen (secondary N) is 1. The van der Waals surface area contributed by atoms with Crippen LogP contribution >= 0.6 is 0 Å². The first-order chi connectivity index (χ1) is 10.8. The summed E-state index contributed by atoms with van der Waals surface area (Å²) in [6.45, 7) is 0. The number of aliphatic hydroxyl groups excluding tert-OH is 1. The van der Waals surface area contributed by atoms with Crippen LogP contribution in [0.5, 0.6) is 0 Å². The van der Waals surface area contributed by atoms with Gasteiger partial charge in [-0.15, -0.1) is 0 Å². The van der Waals surface area contributed by atoms with Gasteiger partial charge in [0.25, 0.3) is 0 Å². The van der Waals surface area contributed by atoms with E-state index in [1.165, 1.54) is 0 Å². The monoisotopic (exact) mass is 290 g/mol. The third kappa shape index (κ3) is 1.89. The molecular formula is C18H14N2O2. The Morgan fingerprint density at radius 2 is 1.50 bits per heavy atom. The maximum Gasteiger partial charge on any atom is 0.237 e. The number of hydrogen-bond acceptors (Lipinski definition) is 3. The van der Waals surface area contributed by atoms with Gasteiger partial charge < -0.3 is 10.4 Å². The molecule has 0 radical (unpaired) electrons. The van der Waals surface area contributed by atoms with Gasteiger partial charge in [0.1, 0.15) is 5.92 Å². The molecule has 0 aromatic heterocycles. The average Bonchev–Trinajstić information content (AvgIpc) is 3.09. The summed E-state index contributed by atoms with van der Waals surface area (Å²) >= 11 is 0. The minimum atomic E-state index is -0.977. The molecule has 2 aliphatic heterocycles. The first-order valence-electron chi connectivity index (χ1n) is 7.17. The van der Waals surface area contributed by atoms with Gasteiger partial charge >= 0.3 is 0 Å². The predicted molar refractivity (Wildman–Crippen MR) is 84.0 cm³/mol.